The standard InChI is InChI=1S/C13H15N3O3S/c1-9(2)19-13-4-10(3-12(5-13)16(17)18)14-6-11-7-20-8-15-11/h3-5,7-9,14H,6H2,1-2H3. The number of ether oxygens (including phenoxy) is 1. The first-order valence-electron chi connectivity index (χ1n) is 6.11. The molecule has 0 aliphatic heterocycles. The number of benzene rings is 1. The van der Waals surface area contributed by atoms with Crippen LogP contribution in [0.5, 0.6) is 5.75 Å². The van der Waals surface area contributed by atoms with Crippen LogP contribution in [-0.4, -0.2) is 16.0 Å². The van der Waals surface area contributed by atoms with Crippen molar-refractivity contribution in [1.82, 2.24) is 4.98 Å². The van der Waals surface area contributed by atoms with Crippen LogP contribution in [0.2, 0.25) is 0 Å². The van der Waals surface area contributed by atoms with Crippen LogP contribution in [0, 0.1) is 10.1 Å². The van der Waals surface area contributed by atoms with E-state index in [1.54, 1.807) is 11.6 Å². The number of hydrogen-bond donors (Lipinski definition) is 1. The molecule has 1 N–H and O–H groups in total. The lowest BCUT2D eigenvalue weighted by atomic mass is 10.2. The number of nitro groups is 1. The minimum atomic E-state index is -0.429. The van der Waals surface area contributed by atoms with E-state index in [1.807, 2.05) is 19.2 Å². The summed E-state index contributed by atoms with van der Waals surface area (Å²) in [5.74, 6) is 0.481. The van der Waals surface area contributed by atoms with E-state index < -0.39 is 4.92 Å². The minimum Gasteiger partial charge on any atom is -0.491 e. The summed E-state index contributed by atoms with van der Waals surface area (Å²) in [6.45, 7) is 4.27. The van der Waals surface area contributed by atoms with Crippen LogP contribution in [0.1, 0.15) is 19.5 Å². The molecule has 0 saturated carbocycles. The third-order valence-electron chi connectivity index (χ3n) is 2.43. The highest BCUT2D eigenvalue weighted by molar-refractivity contribution is 7.07. The number of anilines is 1. The molecule has 106 valence electrons. The number of nitrogens with zero attached hydrogens (tertiary/aromatic N) is 2. The molecule has 0 fully saturated rings. The van der Waals surface area contributed by atoms with Crippen LogP contribution in [0.25, 0.3) is 0 Å². The Morgan fingerprint density at radius 3 is 2.85 bits per heavy atom. The first kappa shape index (κ1) is 14.3. The van der Waals surface area contributed by atoms with E-state index in [1.165, 1.54) is 23.5 Å². The van der Waals surface area contributed by atoms with Crippen LogP contribution < -0.4 is 10.1 Å². The van der Waals surface area contributed by atoms with E-state index in [2.05, 4.69) is 10.3 Å². The van der Waals surface area contributed by atoms with Crippen molar-refractivity contribution in [3.8, 4) is 5.75 Å². The van der Waals surface area contributed by atoms with Crippen molar-refractivity contribution in [2.24, 2.45) is 0 Å². The third kappa shape index (κ3) is 3.92. The molecule has 6 nitrogen and oxygen atoms in total. The average molecular weight is 293 g/mol. The average Bonchev–Trinajstić information content (AvgIpc) is 2.88. The van der Waals surface area contributed by atoms with Crippen LogP contribution in [-0.2, 0) is 6.54 Å². The molecule has 0 aliphatic carbocycles. The van der Waals surface area contributed by atoms with E-state index in [0.29, 0.717) is 18.0 Å². The Kier molecular flexibility index (Phi) is 4.52. The Morgan fingerprint density at radius 1 is 1.45 bits per heavy atom. The summed E-state index contributed by atoms with van der Waals surface area (Å²) in [5.41, 5.74) is 3.29. The summed E-state index contributed by atoms with van der Waals surface area (Å²) < 4.78 is 5.52. The summed E-state index contributed by atoms with van der Waals surface area (Å²) in [6, 6.07) is 4.66. The normalized spacial score (nSPS) is 10.6. The topological polar surface area (TPSA) is 77.3 Å². The molecule has 0 radical (unpaired) electrons. The van der Waals surface area contributed by atoms with Crippen molar-refractivity contribution in [3.63, 3.8) is 0 Å². The van der Waals surface area contributed by atoms with Crippen molar-refractivity contribution < 1.29 is 9.66 Å². The van der Waals surface area contributed by atoms with Gasteiger partial charge in [0.1, 0.15) is 5.75 Å². The Labute approximate surface area is 120 Å². The first-order chi connectivity index (χ1) is 9.54. The molecule has 2 aromatic rings. The molecule has 0 saturated heterocycles. The lowest BCUT2D eigenvalue weighted by Gasteiger charge is -2.12. The fourth-order valence-corrected chi connectivity index (χ4v) is 2.21. The highest BCUT2D eigenvalue weighted by atomic mass is 32.1. The van der Waals surface area contributed by atoms with Gasteiger partial charge in [0.25, 0.3) is 5.69 Å². The van der Waals surface area contributed by atoms with Gasteiger partial charge in [-0.05, 0) is 13.8 Å². The predicted octanol–water partition coefficient (Wildman–Crippen LogP) is 3.45. The number of rotatable bonds is 6. The van der Waals surface area contributed by atoms with Crippen molar-refractivity contribution in [1.29, 1.82) is 0 Å². The van der Waals surface area contributed by atoms with Crippen LogP contribution in [0.4, 0.5) is 11.4 Å². The van der Waals surface area contributed by atoms with Crippen LogP contribution in [0.15, 0.2) is 29.1 Å². The van der Waals surface area contributed by atoms with Gasteiger partial charge in [0, 0.05) is 23.2 Å². The minimum absolute atomic E-state index is 0.00364. The third-order valence-corrected chi connectivity index (χ3v) is 3.07. The fraction of sp³-hybridized carbons (Fsp3) is 0.308. The number of aromatic nitrogens is 1. The van der Waals surface area contributed by atoms with Gasteiger partial charge in [0.15, 0.2) is 0 Å². The summed E-state index contributed by atoms with van der Waals surface area (Å²) in [6.07, 6.45) is -0.0385. The van der Waals surface area contributed by atoms with E-state index in [0.717, 1.165) is 5.69 Å². The molecule has 1 aromatic heterocycles. The monoisotopic (exact) mass is 293 g/mol. The van der Waals surface area contributed by atoms with Gasteiger partial charge >= 0.3 is 0 Å². The summed E-state index contributed by atoms with van der Waals surface area (Å²) in [7, 11) is 0. The highest BCUT2D eigenvalue weighted by Gasteiger charge is 2.11. The SMILES string of the molecule is CC(C)Oc1cc(NCc2cscn2)cc([N+](=O)[O-])c1. The summed E-state index contributed by atoms with van der Waals surface area (Å²) >= 11 is 1.51. The Hall–Kier alpha value is -2.15. The Bertz CT molecular complexity index is 585. The largest absolute Gasteiger partial charge is 0.491 e. The van der Waals surface area contributed by atoms with Crippen LogP contribution in [0.3, 0.4) is 0 Å². The number of non-ortho nitro benzene ring substituents is 1. The molecule has 1 aromatic carbocycles. The van der Waals surface area contributed by atoms with Crippen LogP contribution >= 0.6 is 11.3 Å². The number of thiazole rings is 1. The van der Waals surface area contributed by atoms with Gasteiger partial charge in [0.05, 0.1) is 34.8 Å². The zero-order valence-electron chi connectivity index (χ0n) is 11.2. The van der Waals surface area contributed by atoms with Gasteiger partial charge in [-0.2, -0.15) is 0 Å². The molecule has 2 rings (SSSR count). The molecule has 0 spiro atoms. The molecule has 0 aliphatic rings. The van der Waals surface area contributed by atoms with E-state index in [4.69, 9.17) is 4.74 Å². The number of hydrogen-bond acceptors (Lipinski definition) is 6. The molecule has 0 unspecified atom stereocenters. The number of nitrogens with one attached hydrogen (secondary N) is 1. The summed E-state index contributed by atoms with van der Waals surface area (Å²) in [4.78, 5) is 14.7. The quantitative estimate of drug-likeness (QED) is 0.652. The molecular formula is C13H15N3O3S. The van der Waals surface area contributed by atoms with Gasteiger partial charge in [-0.1, -0.05) is 0 Å². The number of nitro benzene ring substituents is 1. The second-order valence-corrected chi connectivity index (χ2v) is 5.19. The first-order valence-corrected chi connectivity index (χ1v) is 7.06. The molecular weight excluding hydrogens is 278 g/mol. The van der Waals surface area contributed by atoms with Crippen molar-refractivity contribution >= 4 is 22.7 Å². The lowest BCUT2D eigenvalue weighted by molar-refractivity contribution is -0.384. The van der Waals surface area contributed by atoms with Gasteiger partial charge in [-0.15, -0.1) is 11.3 Å². The molecule has 1 heterocycles. The maximum absolute atomic E-state index is 10.9. The molecule has 20 heavy (non-hydrogen) atoms. The van der Waals surface area contributed by atoms with Gasteiger partial charge in [0.2, 0.25) is 0 Å². The molecule has 0 atom stereocenters. The second-order valence-electron chi connectivity index (χ2n) is 4.47. The van der Waals surface area contributed by atoms with Crippen molar-refractivity contribution in [2.45, 2.75) is 26.5 Å². The smallest absolute Gasteiger partial charge is 0.275 e. The zero-order chi connectivity index (χ0) is 14.5. The summed E-state index contributed by atoms with van der Waals surface area (Å²) in [5, 5.41) is 16.0. The zero-order valence-corrected chi connectivity index (χ0v) is 12.0. The molecule has 0 bridgehead atoms. The second kappa shape index (κ2) is 6.33. The van der Waals surface area contributed by atoms with Crippen molar-refractivity contribution in [2.75, 3.05) is 5.32 Å². The van der Waals surface area contributed by atoms with E-state index in [9.17, 15) is 10.1 Å². The Morgan fingerprint density at radius 2 is 2.25 bits per heavy atom. The highest BCUT2D eigenvalue weighted by Crippen LogP contribution is 2.27. The fourth-order valence-electron chi connectivity index (χ4n) is 1.65. The van der Waals surface area contributed by atoms with Crippen molar-refractivity contribution in [3.05, 3.63) is 44.9 Å². The van der Waals surface area contributed by atoms with Gasteiger partial charge < -0.3 is 10.1 Å². The lowest BCUT2D eigenvalue weighted by Crippen LogP contribution is -2.07. The predicted molar refractivity (Wildman–Crippen MR) is 78.3 cm³/mol. The maximum Gasteiger partial charge on any atom is 0.275 e. The van der Waals surface area contributed by atoms with Gasteiger partial charge in [-0.25, -0.2) is 4.98 Å². The Balaban J connectivity index is 2.17. The molecule has 0 amide bonds. The van der Waals surface area contributed by atoms with Gasteiger partial charge in [-0.3, -0.25) is 10.1 Å². The van der Waals surface area contributed by atoms with E-state index >= 15 is 0 Å². The maximum atomic E-state index is 10.9. The van der Waals surface area contributed by atoms with E-state index in [-0.39, 0.29) is 11.8 Å². The molecule has 7 heteroatoms.